The molecule has 2 amide bonds. The molecule has 1 saturated heterocycles. The average Bonchev–Trinajstić information content (AvgIpc) is 3.38. The van der Waals surface area contributed by atoms with Crippen LogP contribution >= 0.6 is 0 Å². The number of benzene rings is 1. The minimum absolute atomic E-state index is 0.168. The number of nitrogens with zero attached hydrogens (tertiary/aromatic N) is 1. The lowest BCUT2D eigenvalue weighted by atomic mass is 9.95. The second kappa shape index (κ2) is 6.93. The van der Waals surface area contributed by atoms with E-state index in [1.807, 2.05) is 0 Å². The van der Waals surface area contributed by atoms with Gasteiger partial charge in [-0.3, -0.25) is 9.59 Å². The SMILES string of the molecule is O=C(Nc1cccc(OC(F)(F)F)c1)C1CCN(C(=O)C2CC2)CC1. The van der Waals surface area contributed by atoms with Crippen molar-refractivity contribution in [2.75, 3.05) is 18.4 Å². The van der Waals surface area contributed by atoms with Crippen LogP contribution in [0.3, 0.4) is 0 Å². The van der Waals surface area contributed by atoms with Crippen molar-refractivity contribution in [3.8, 4) is 5.75 Å². The lowest BCUT2D eigenvalue weighted by molar-refractivity contribution is -0.274. The highest BCUT2D eigenvalue weighted by Crippen LogP contribution is 2.32. The highest BCUT2D eigenvalue weighted by molar-refractivity contribution is 5.93. The third-order valence-corrected chi connectivity index (χ3v) is 4.44. The molecule has 0 radical (unpaired) electrons. The van der Waals surface area contributed by atoms with Crippen molar-refractivity contribution in [3.05, 3.63) is 24.3 Å². The summed E-state index contributed by atoms with van der Waals surface area (Å²) in [6.07, 6.45) is -1.75. The van der Waals surface area contributed by atoms with Crippen LogP contribution in [-0.4, -0.2) is 36.2 Å². The summed E-state index contributed by atoms with van der Waals surface area (Å²) in [5.74, 6) is -0.536. The van der Waals surface area contributed by atoms with Gasteiger partial charge in [0.1, 0.15) is 5.75 Å². The van der Waals surface area contributed by atoms with Crippen molar-refractivity contribution in [1.29, 1.82) is 0 Å². The number of likely N-dealkylation sites (tertiary alicyclic amines) is 1. The van der Waals surface area contributed by atoms with Crippen LogP contribution in [0, 0.1) is 11.8 Å². The fraction of sp³-hybridized carbons (Fsp3) is 0.529. The van der Waals surface area contributed by atoms with E-state index < -0.39 is 6.36 Å². The third-order valence-electron chi connectivity index (χ3n) is 4.44. The highest BCUT2D eigenvalue weighted by atomic mass is 19.4. The zero-order valence-corrected chi connectivity index (χ0v) is 13.5. The van der Waals surface area contributed by atoms with Crippen LogP contribution in [0.5, 0.6) is 5.75 Å². The summed E-state index contributed by atoms with van der Waals surface area (Å²) in [4.78, 5) is 26.1. The molecule has 1 heterocycles. The summed E-state index contributed by atoms with van der Waals surface area (Å²) in [5.41, 5.74) is 0.253. The largest absolute Gasteiger partial charge is 0.573 e. The molecule has 1 saturated carbocycles. The van der Waals surface area contributed by atoms with Crippen LogP contribution in [0.25, 0.3) is 0 Å². The van der Waals surface area contributed by atoms with Gasteiger partial charge in [0.25, 0.3) is 0 Å². The van der Waals surface area contributed by atoms with E-state index in [2.05, 4.69) is 10.1 Å². The van der Waals surface area contributed by atoms with Gasteiger partial charge in [-0.2, -0.15) is 0 Å². The molecule has 0 bridgehead atoms. The maximum Gasteiger partial charge on any atom is 0.573 e. The van der Waals surface area contributed by atoms with Crippen LogP contribution in [0.2, 0.25) is 0 Å². The van der Waals surface area contributed by atoms with Gasteiger partial charge in [-0.15, -0.1) is 13.2 Å². The van der Waals surface area contributed by atoms with Crippen LogP contribution < -0.4 is 10.1 Å². The van der Waals surface area contributed by atoms with Crippen molar-refractivity contribution in [2.24, 2.45) is 11.8 Å². The van der Waals surface area contributed by atoms with Crippen molar-refractivity contribution in [2.45, 2.75) is 32.0 Å². The maximum absolute atomic E-state index is 12.3. The fourth-order valence-corrected chi connectivity index (χ4v) is 2.97. The van der Waals surface area contributed by atoms with E-state index in [-0.39, 0.29) is 35.1 Å². The number of carbonyl (C=O) groups excluding carboxylic acids is 2. The van der Waals surface area contributed by atoms with Gasteiger partial charge >= 0.3 is 6.36 Å². The second-order valence-corrected chi connectivity index (χ2v) is 6.44. The zero-order valence-electron chi connectivity index (χ0n) is 13.5. The number of carbonyl (C=O) groups is 2. The van der Waals surface area contributed by atoms with Crippen molar-refractivity contribution < 1.29 is 27.5 Å². The molecule has 0 atom stereocenters. The molecule has 25 heavy (non-hydrogen) atoms. The normalized spacial score (nSPS) is 18.8. The van der Waals surface area contributed by atoms with Gasteiger partial charge in [-0.1, -0.05) is 6.07 Å². The Balaban J connectivity index is 1.52. The van der Waals surface area contributed by atoms with Crippen molar-refractivity contribution >= 4 is 17.5 Å². The van der Waals surface area contributed by atoms with Gasteiger partial charge in [0, 0.05) is 36.7 Å². The monoisotopic (exact) mass is 356 g/mol. The summed E-state index contributed by atoms with van der Waals surface area (Å²) in [7, 11) is 0. The molecular formula is C17H19F3N2O3. The first-order valence-corrected chi connectivity index (χ1v) is 8.27. The molecule has 1 aliphatic heterocycles. The van der Waals surface area contributed by atoms with Crippen LogP contribution in [-0.2, 0) is 9.59 Å². The first-order chi connectivity index (χ1) is 11.8. The molecule has 3 rings (SSSR count). The zero-order chi connectivity index (χ0) is 18.0. The Hall–Kier alpha value is -2.25. The molecule has 1 aromatic carbocycles. The fourth-order valence-electron chi connectivity index (χ4n) is 2.97. The number of alkyl halides is 3. The van der Waals surface area contributed by atoms with E-state index in [1.54, 1.807) is 4.90 Å². The summed E-state index contributed by atoms with van der Waals surface area (Å²) in [6, 6.07) is 5.20. The Morgan fingerprint density at radius 2 is 1.76 bits per heavy atom. The Morgan fingerprint density at radius 3 is 2.36 bits per heavy atom. The summed E-state index contributed by atoms with van der Waals surface area (Å²) in [6.45, 7) is 1.09. The highest BCUT2D eigenvalue weighted by Gasteiger charge is 2.36. The number of nitrogens with one attached hydrogen (secondary N) is 1. The number of hydrogen-bond acceptors (Lipinski definition) is 3. The summed E-state index contributed by atoms with van der Waals surface area (Å²) < 4.78 is 40.6. The molecule has 2 aliphatic rings. The molecule has 8 heteroatoms. The van der Waals surface area contributed by atoms with Crippen LogP contribution in [0.15, 0.2) is 24.3 Å². The average molecular weight is 356 g/mol. The number of piperidine rings is 1. The molecule has 0 aromatic heterocycles. The molecule has 2 fully saturated rings. The molecule has 1 N–H and O–H groups in total. The number of ether oxygens (including phenoxy) is 1. The minimum Gasteiger partial charge on any atom is -0.406 e. The van der Waals surface area contributed by atoms with Crippen molar-refractivity contribution in [3.63, 3.8) is 0 Å². The second-order valence-electron chi connectivity index (χ2n) is 6.44. The summed E-state index contributed by atoms with van der Waals surface area (Å²) in [5, 5.41) is 2.63. The quantitative estimate of drug-likeness (QED) is 0.902. The predicted molar refractivity (Wildman–Crippen MR) is 83.8 cm³/mol. The smallest absolute Gasteiger partial charge is 0.406 e. The van der Waals surface area contributed by atoms with Crippen molar-refractivity contribution in [1.82, 2.24) is 4.90 Å². The number of halogens is 3. The van der Waals surface area contributed by atoms with E-state index in [0.717, 1.165) is 18.9 Å². The van der Waals surface area contributed by atoms with E-state index in [9.17, 15) is 22.8 Å². The Morgan fingerprint density at radius 1 is 1.08 bits per heavy atom. The minimum atomic E-state index is -4.77. The molecule has 136 valence electrons. The summed E-state index contributed by atoms with van der Waals surface area (Å²) >= 11 is 0. The first-order valence-electron chi connectivity index (χ1n) is 8.27. The number of anilines is 1. The molecule has 1 aromatic rings. The number of amides is 2. The van der Waals surface area contributed by atoms with Crippen LogP contribution in [0.1, 0.15) is 25.7 Å². The molecule has 0 spiro atoms. The standard InChI is InChI=1S/C17H19F3N2O3/c18-17(19,20)25-14-3-1-2-13(10-14)21-15(23)11-6-8-22(9-7-11)16(24)12-4-5-12/h1-3,10-12H,4-9H2,(H,21,23). The van der Waals surface area contributed by atoms with Gasteiger partial charge in [0.2, 0.25) is 11.8 Å². The number of hydrogen-bond donors (Lipinski definition) is 1. The Bertz CT molecular complexity index is 651. The van der Waals surface area contributed by atoms with E-state index in [4.69, 9.17) is 0 Å². The van der Waals surface area contributed by atoms with Gasteiger partial charge < -0.3 is 15.0 Å². The van der Waals surface area contributed by atoms with Gasteiger partial charge in [0.15, 0.2) is 0 Å². The first kappa shape index (κ1) is 17.6. The van der Waals surface area contributed by atoms with E-state index in [0.29, 0.717) is 25.9 Å². The third kappa shape index (κ3) is 4.87. The molecular weight excluding hydrogens is 337 g/mol. The van der Waals surface area contributed by atoms with Gasteiger partial charge in [-0.25, -0.2) is 0 Å². The molecule has 5 nitrogen and oxygen atoms in total. The van der Waals surface area contributed by atoms with Gasteiger partial charge in [0.05, 0.1) is 0 Å². The van der Waals surface area contributed by atoms with Gasteiger partial charge in [-0.05, 0) is 37.8 Å². The lowest BCUT2D eigenvalue weighted by Gasteiger charge is -2.31. The Kier molecular flexibility index (Phi) is 4.87. The predicted octanol–water partition coefficient (Wildman–Crippen LogP) is 3.17. The number of rotatable bonds is 4. The maximum atomic E-state index is 12.3. The lowest BCUT2D eigenvalue weighted by Crippen LogP contribution is -2.42. The van der Waals surface area contributed by atoms with E-state index in [1.165, 1.54) is 18.2 Å². The topological polar surface area (TPSA) is 58.6 Å². The molecule has 0 unspecified atom stereocenters. The molecule has 1 aliphatic carbocycles. The van der Waals surface area contributed by atoms with Crippen LogP contribution in [0.4, 0.5) is 18.9 Å². The van der Waals surface area contributed by atoms with E-state index >= 15 is 0 Å². The Labute approximate surface area is 143 Å².